The van der Waals surface area contributed by atoms with Crippen molar-refractivity contribution in [1.82, 2.24) is 0 Å². The zero-order valence-electron chi connectivity index (χ0n) is 9.47. The second-order valence-electron chi connectivity index (χ2n) is 4.06. The van der Waals surface area contributed by atoms with E-state index in [4.69, 9.17) is 16.8 Å². The standard InChI is InChI=1S/C15H10ClNO/c16-15-12-7-3-1-5-10(12)14(9-17-18)11-6-2-4-8-13(11)15/h1-9,18H. The highest BCUT2D eigenvalue weighted by Crippen LogP contribution is 2.35. The quantitative estimate of drug-likeness (QED) is 0.296. The van der Waals surface area contributed by atoms with Crippen LogP contribution in [0.3, 0.4) is 0 Å². The first-order valence-electron chi connectivity index (χ1n) is 5.59. The molecule has 3 rings (SSSR count). The summed E-state index contributed by atoms with van der Waals surface area (Å²) >= 11 is 6.44. The molecule has 0 saturated heterocycles. The summed E-state index contributed by atoms with van der Waals surface area (Å²) in [5.41, 5.74) is 0.883. The highest BCUT2D eigenvalue weighted by atomic mass is 35.5. The molecule has 18 heavy (non-hydrogen) atoms. The first-order chi connectivity index (χ1) is 8.83. The summed E-state index contributed by atoms with van der Waals surface area (Å²) in [5, 5.41) is 16.6. The van der Waals surface area contributed by atoms with Gasteiger partial charge in [-0.05, 0) is 10.8 Å². The van der Waals surface area contributed by atoms with Crippen LogP contribution < -0.4 is 0 Å². The van der Waals surface area contributed by atoms with Crippen molar-refractivity contribution in [2.24, 2.45) is 5.16 Å². The largest absolute Gasteiger partial charge is 0.411 e. The predicted octanol–water partition coefficient (Wildman–Crippen LogP) is 4.45. The van der Waals surface area contributed by atoms with Gasteiger partial charge in [-0.1, -0.05) is 65.3 Å². The van der Waals surface area contributed by atoms with Crippen LogP contribution in [-0.4, -0.2) is 11.4 Å². The number of fused-ring (bicyclic) bond motifs is 2. The molecular formula is C15H10ClNO. The van der Waals surface area contributed by atoms with Gasteiger partial charge in [-0.25, -0.2) is 0 Å². The molecule has 88 valence electrons. The smallest absolute Gasteiger partial charge is 0.0746 e. The highest BCUT2D eigenvalue weighted by molar-refractivity contribution is 6.42. The molecule has 0 radical (unpaired) electrons. The van der Waals surface area contributed by atoms with Gasteiger partial charge < -0.3 is 5.21 Å². The van der Waals surface area contributed by atoms with Crippen LogP contribution in [0, 0.1) is 0 Å². The number of oxime groups is 1. The van der Waals surface area contributed by atoms with Crippen molar-refractivity contribution in [3.63, 3.8) is 0 Å². The van der Waals surface area contributed by atoms with Crippen molar-refractivity contribution in [3.05, 3.63) is 59.1 Å². The third-order valence-electron chi connectivity index (χ3n) is 3.09. The molecule has 0 fully saturated rings. The van der Waals surface area contributed by atoms with Gasteiger partial charge in [0, 0.05) is 16.3 Å². The van der Waals surface area contributed by atoms with Crippen molar-refractivity contribution < 1.29 is 5.21 Å². The van der Waals surface area contributed by atoms with Gasteiger partial charge in [-0.15, -0.1) is 0 Å². The van der Waals surface area contributed by atoms with E-state index in [1.807, 2.05) is 48.5 Å². The van der Waals surface area contributed by atoms with Gasteiger partial charge in [0.1, 0.15) is 0 Å². The lowest BCUT2D eigenvalue weighted by Crippen LogP contribution is -1.89. The Labute approximate surface area is 109 Å². The third kappa shape index (κ3) is 1.54. The Kier molecular flexibility index (Phi) is 2.65. The SMILES string of the molecule is ON=Cc1c2ccccc2c(Cl)c2ccccc12. The van der Waals surface area contributed by atoms with Crippen LogP contribution in [0.15, 0.2) is 53.7 Å². The van der Waals surface area contributed by atoms with Crippen LogP contribution in [0.1, 0.15) is 5.56 Å². The average molecular weight is 256 g/mol. The highest BCUT2D eigenvalue weighted by Gasteiger charge is 2.10. The number of hydrogen-bond donors (Lipinski definition) is 1. The maximum Gasteiger partial charge on any atom is 0.0746 e. The lowest BCUT2D eigenvalue weighted by Gasteiger charge is -2.09. The van der Waals surface area contributed by atoms with Crippen molar-refractivity contribution in [1.29, 1.82) is 0 Å². The summed E-state index contributed by atoms with van der Waals surface area (Å²) < 4.78 is 0. The molecule has 2 nitrogen and oxygen atoms in total. The Bertz CT molecular complexity index is 708. The predicted molar refractivity (Wildman–Crippen MR) is 75.8 cm³/mol. The Morgan fingerprint density at radius 3 is 1.72 bits per heavy atom. The fourth-order valence-corrected chi connectivity index (χ4v) is 2.64. The van der Waals surface area contributed by atoms with E-state index in [1.165, 1.54) is 6.21 Å². The van der Waals surface area contributed by atoms with Crippen molar-refractivity contribution in [3.8, 4) is 0 Å². The molecule has 0 aromatic heterocycles. The fourth-order valence-electron chi connectivity index (χ4n) is 2.31. The topological polar surface area (TPSA) is 32.6 Å². The van der Waals surface area contributed by atoms with Crippen molar-refractivity contribution in [2.45, 2.75) is 0 Å². The lowest BCUT2D eigenvalue weighted by molar-refractivity contribution is 0.322. The van der Waals surface area contributed by atoms with Crippen LogP contribution in [0.25, 0.3) is 21.5 Å². The molecule has 0 amide bonds. The molecule has 0 atom stereocenters. The van der Waals surface area contributed by atoms with Crippen LogP contribution in [0.4, 0.5) is 0 Å². The van der Waals surface area contributed by atoms with Gasteiger partial charge >= 0.3 is 0 Å². The maximum absolute atomic E-state index is 8.84. The Morgan fingerprint density at radius 2 is 1.28 bits per heavy atom. The second-order valence-corrected chi connectivity index (χ2v) is 4.44. The molecule has 1 N–H and O–H groups in total. The Hall–Kier alpha value is -2.06. The summed E-state index contributed by atoms with van der Waals surface area (Å²) in [6.45, 7) is 0. The van der Waals surface area contributed by atoms with Gasteiger partial charge in [0.2, 0.25) is 0 Å². The van der Waals surface area contributed by atoms with E-state index in [0.717, 1.165) is 32.1 Å². The number of benzene rings is 3. The van der Waals surface area contributed by atoms with E-state index in [1.54, 1.807) is 0 Å². The maximum atomic E-state index is 8.84. The van der Waals surface area contributed by atoms with Crippen molar-refractivity contribution >= 4 is 39.4 Å². The number of hydrogen-bond acceptors (Lipinski definition) is 2. The molecule has 0 bridgehead atoms. The van der Waals surface area contributed by atoms with Gasteiger partial charge in [0.15, 0.2) is 0 Å². The zero-order chi connectivity index (χ0) is 12.5. The molecule has 3 aromatic carbocycles. The second kappa shape index (κ2) is 4.31. The minimum atomic E-state index is 0.733. The van der Waals surface area contributed by atoms with Crippen molar-refractivity contribution in [2.75, 3.05) is 0 Å². The van der Waals surface area contributed by atoms with Gasteiger partial charge in [-0.3, -0.25) is 0 Å². The van der Waals surface area contributed by atoms with E-state index in [-0.39, 0.29) is 0 Å². The molecule has 0 spiro atoms. The van der Waals surface area contributed by atoms with Crippen LogP contribution in [0.5, 0.6) is 0 Å². The van der Waals surface area contributed by atoms with Crippen LogP contribution in [-0.2, 0) is 0 Å². The van der Waals surface area contributed by atoms with Crippen LogP contribution in [0.2, 0.25) is 5.02 Å². The molecule has 0 saturated carbocycles. The number of nitrogens with zero attached hydrogens (tertiary/aromatic N) is 1. The van der Waals surface area contributed by atoms with Gasteiger partial charge in [0.25, 0.3) is 0 Å². The molecule has 0 aliphatic heterocycles. The summed E-state index contributed by atoms with van der Waals surface area (Å²) in [5.74, 6) is 0. The molecule has 3 heteroatoms. The summed E-state index contributed by atoms with van der Waals surface area (Å²) in [6.07, 6.45) is 1.46. The fraction of sp³-hybridized carbons (Fsp3) is 0. The Morgan fingerprint density at radius 1 is 0.833 bits per heavy atom. The number of halogens is 1. The molecule has 0 unspecified atom stereocenters. The average Bonchev–Trinajstić information content (AvgIpc) is 2.43. The van der Waals surface area contributed by atoms with E-state index < -0.39 is 0 Å². The molecular weight excluding hydrogens is 246 g/mol. The summed E-state index contributed by atoms with van der Waals surface area (Å²) in [7, 11) is 0. The molecule has 3 aromatic rings. The minimum Gasteiger partial charge on any atom is -0.411 e. The first-order valence-corrected chi connectivity index (χ1v) is 5.97. The van der Waals surface area contributed by atoms with Crippen LogP contribution >= 0.6 is 11.6 Å². The molecule has 0 aliphatic carbocycles. The van der Waals surface area contributed by atoms with Gasteiger partial charge in [-0.2, -0.15) is 0 Å². The minimum absolute atomic E-state index is 0.733. The molecule has 0 heterocycles. The monoisotopic (exact) mass is 255 g/mol. The van der Waals surface area contributed by atoms with E-state index in [0.29, 0.717) is 0 Å². The lowest BCUT2D eigenvalue weighted by atomic mass is 9.97. The first kappa shape index (κ1) is 11.1. The third-order valence-corrected chi connectivity index (χ3v) is 3.50. The Balaban J connectivity index is 2.62. The normalized spacial score (nSPS) is 11.6. The zero-order valence-corrected chi connectivity index (χ0v) is 10.2. The van der Waals surface area contributed by atoms with E-state index in [9.17, 15) is 0 Å². The number of rotatable bonds is 1. The van der Waals surface area contributed by atoms with E-state index in [2.05, 4.69) is 5.16 Å². The molecule has 0 aliphatic rings. The van der Waals surface area contributed by atoms with E-state index >= 15 is 0 Å². The summed E-state index contributed by atoms with van der Waals surface area (Å²) in [6, 6.07) is 15.7. The summed E-state index contributed by atoms with van der Waals surface area (Å²) in [4.78, 5) is 0. The van der Waals surface area contributed by atoms with Gasteiger partial charge in [0.05, 0.1) is 11.2 Å².